The summed E-state index contributed by atoms with van der Waals surface area (Å²) in [5.41, 5.74) is 4.97. The van der Waals surface area contributed by atoms with Crippen molar-refractivity contribution in [3.8, 4) is 0 Å². The number of hydrogen-bond donors (Lipinski definition) is 1. The first-order valence-electron chi connectivity index (χ1n) is 3.01. The zero-order valence-electron chi connectivity index (χ0n) is 5.50. The molecule has 2 N–H and O–H groups in total. The molecule has 4 heteroatoms. The van der Waals surface area contributed by atoms with Crippen LogP contribution in [0.2, 0.25) is 0 Å². The van der Waals surface area contributed by atoms with Gasteiger partial charge in [-0.05, 0) is 0 Å². The zero-order valence-corrected chi connectivity index (χ0v) is 6.32. The summed E-state index contributed by atoms with van der Waals surface area (Å²) in [5.74, 6) is 0.614. The SMILES string of the molecule is NC(=O)CC1=COCCS1. The lowest BCUT2D eigenvalue weighted by Gasteiger charge is -2.10. The van der Waals surface area contributed by atoms with Crippen LogP contribution in [0.25, 0.3) is 0 Å². The molecule has 0 bridgehead atoms. The van der Waals surface area contributed by atoms with E-state index >= 15 is 0 Å². The summed E-state index contributed by atoms with van der Waals surface area (Å²) in [4.78, 5) is 11.3. The smallest absolute Gasteiger partial charge is 0.222 e. The third kappa shape index (κ3) is 2.31. The molecule has 0 saturated carbocycles. The van der Waals surface area contributed by atoms with Crippen LogP contribution in [0.15, 0.2) is 11.2 Å². The average molecular weight is 159 g/mol. The van der Waals surface area contributed by atoms with Crippen molar-refractivity contribution in [1.29, 1.82) is 0 Å². The number of amides is 1. The molecule has 1 aliphatic heterocycles. The maximum atomic E-state index is 10.4. The molecular weight excluding hydrogens is 150 g/mol. The number of carbonyl (C=O) groups excluding carboxylic acids is 1. The lowest BCUT2D eigenvalue weighted by molar-refractivity contribution is -0.117. The Morgan fingerprint density at radius 1 is 1.90 bits per heavy atom. The van der Waals surface area contributed by atoms with Crippen molar-refractivity contribution in [3.63, 3.8) is 0 Å². The summed E-state index contributed by atoms with van der Waals surface area (Å²) in [6, 6.07) is 0. The van der Waals surface area contributed by atoms with Crippen molar-refractivity contribution in [2.24, 2.45) is 5.73 Å². The van der Waals surface area contributed by atoms with Crippen LogP contribution >= 0.6 is 11.8 Å². The molecule has 0 saturated heterocycles. The van der Waals surface area contributed by atoms with Gasteiger partial charge in [-0.25, -0.2) is 0 Å². The minimum Gasteiger partial charge on any atom is -0.499 e. The standard InChI is InChI=1S/C6H9NO2S/c7-6(8)3-5-4-9-1-2-10-5/h4H,1-3H2,(H2,7,8). The van der Waals surface area contributed by atoms with Gasteiger partial charge < -0.3 is 10.5 Å². The number of primary amides is 1. The molecule has 3 nitrogen and oxygen atoms in total. The van der Waals surface area contributed by atoms with Crippen LogP contribution in [0.3, 0.4) is 0 Å². The predicted molar refractivity (Wildman–Crippen MR) is 40.3 cm³/mol. The Morgan fingerprint density at radius 2 is 2.70 bits per heavy atom. The normalized spacial score (nSPS) is 17.4. The van der Waals surface area contributed by atoms with Crippen molar-refractivity contribution in [3.05, 3.63) is 11.2 Å². The summed E-state index contributed by atoms with van der Waals surface area (Å²) in [5, 5.41) is 0. The second-order valence-electron chi connectivity index (χ2n) is 1.95. The van der Waals surface area contributed by atoms with Crippen molar-refractivity contribution < 1.29 is 9.53 Å². The number of carbonyl (C=O) groups is 1. The fourth-order valence-corrected chi connectivity index (χ4v) is 1.49. The van der Waals surface area contributed by atoms with Crippen LogP contribution in [-0.4, -0.2) is 18.3 Å². The number of nitrogens with two attached hydrogens (primary N) is 1. The second-order valence-corrected chi connectivity index (χ2v) is 3.17. The van der Waals surface area contributed by atoms with E-state index in [9.17, 15) is 4.79 Å². The van der Waals surface area contributed by atoms with E-state index in [-0.39, 0.29) is 5.91 Å². The van der Waals surface area contributed by atoms with Gasteiger partial charge in [0, 0.05) is 10.7 Å². The van der Waals surface area contributed by atoms with Gasteiger partial charge in [0.25, 0.3) is 0 Å². The largest absolute Gasteiger partial charge is 0.499 e. The highest BCUT2D eigenvalue weighted by Crippen LogP contribution is 2.22. The molecule has 0 spiro atoms. The quantitative estimate of drug-likeness (QED) is 0.637. The molecule has 0 radical (unpaired) electrons. The fourth-order valence-electron chi connectivity index (χ4n) is 0.671. The molecule has 56 valence electrons. The molecule has 0 atom stereocenters. The summed E-state index contributed by atoms with van der Waals surface area (Å²) >= 11 is 1.63. The van der Waals surface area contributed by atoms with Crippen LogP contribution < -0.4 is 5.73 Å². The van der Waals surface area contributed by atoms with Crippen LogP contribution in [-0.2, 0) is 9.53 Å². The Labute approximate surface area is 63.6 Å². The zero-order chi connectivity index (χ0) is 7.40. The Bertz CT molecular complexity index is 167. The van der Waals surface area contributed by atoms with Crippen molar-refractivity contribution in [2.75, 3.05) is 12.4 Å². The minimum atomic E-state index is -0.302. The van der Waals surface area contributed by atoms with Crippen molar-refractivity contribution in [1.82, 2.24) is 0 Å². The first-order chi connectivity index (χ1) is 4.79. The highest BCUT2D eigenvalue weighted by molar-refractivity contribution is 8.03. The fraction of sp³-hybridized carbons (Fsp3) is 0.500. The molecular formula is C6H9NO2S. The van der Waals surface area contributed by atoms with E-state index in [2.05, 4.69) is 0 Å². The van der Waals surface area contributed by atoms with E-state index < -0.39 is 0 Å². The molecule has 0 aromatic rings. The maximum Gasteiger partial charge on any atom is 0.222 e. The van der Waals surface area contributed by atoms with E-state index in [0.29, 0.717) is 6.42 Å². The monoisotopic (exact) mass is 159 g/mol. The number of rotatable bonds is 2. The molecule has 0 aromatic heterocycles. The lowest BCUT2D eigenvalue weighted by atomic mass is 10.4. The van der Waals surface area contributed by atoms with Gasteiger partial charge in [-0.15, -0.1) is 11.8 Å². The minimum absolute atomic E-state index is 0.302. The van der Waals surface area contributed by atoms with Gasteiger partial charge in [-0.2, -0.15) is 0 Å². The summed E-state index contributed by atoms with van der Waals surface area (Å²) < 4.78 is 4.99. The second kappa shape index (κ2) is 3.51. The lowest BCUT2D eigenvalue weighted by Crippen LogP contribution is -2.12. The highest BCUT2D eigenvalue weighted by atomic mass is 32.2. The third-order valence-electron chi connectivity index (χ3n) is 1.05. The van der Waals surface area contributed by atoms with Gasteiger partial charge in [-0.1, -0.05) is 0 Å². The summed E-state index contributed by atoms with van der Waals surface area (Å²) in [7, 11) is 0. The average Bonchev–Trinajstić information content (AvgIpc) is 1.88. The molecule has 0 aromatic carbocycles. The number of ether oxygens (including phenoxy) is 1. The van der Waals surface area contributed by atoms with Crippen LogP contribution in [0.5, 0.6) is 0 Å². The summed E-state index contributed by atoms with van der Waals surface area (Å²) in [6.07, 6.45) is 1.92. The predicted octanol–water partition coefficient (Wildman–Crippen LogP) is 0.467. The van der Waals surface area contributed by atoms with Crippen LogP contribution in [0, 0.1) is 0 Å². The van der Waals surface area contributed by atoms with E-state index in [1.165, 1.54) is 0 Å². The highest BCUT2D eigenvalue weighted by Gasteiger charge is 2.06. The van der Waals surface area contributed by atoms with E-state index in [4.69, 9.17) is 10.5 Å². The van der Waals surface area contributed by atoms with Gasteiger partial charge in [0.05, 0.1) is 19.3 Å². The van der Waals surface area contributed by atoms with Crippen LogP contribution in [0.4, 0.5) is 0 Å². The first-order valence-corrected chi connectivity index (χ1v) is 3.99. The number of hydrogen-bond acceptors (Lipinski definition) is 3. The Hall–Kier alpha value is -0.640. The maximum absolute atomic E-state index is 10.4. The molecule has 1 rings (SSSR count). The number of thioether (sulfide) groups is 1. The van der Waals surface area contributed by atoms with Gasteiger partial charge in [0.15, 0.2) is 0 Å². The molecule has 0 unspecified atom stereocenters. The topological polar surface area (TPSA) is 52.3 Å². The van der Waals surface area contributed by atoms with Crippen LogP contribution in [0.1, 0.15) is 6.42 Å². The van der Waals surface area contributed by atoms with Gasteiger partial charge >= 0.3 is 0 Å². The van der Waals surface area contributed by atoms with Crippen molar-refractivity contribution in [2.45, 2.75) is 6.42 Å². The molecule has 1 aliphatic rings. The first kappa shape index (κ1) is 7.47. The van der Waals surface area contributed by atoms with Gasteiger partial charge in [0.2, 0.25) is 5.91 Å². The van der Waals surface area contributed by atoms with Crippen molar-refractivity contribution >= 4 is 17.7 Å². The van der Waals surface area contributed by atoms with E-state index in [1.54, 1.807) is 18.0 Å². The summed E-state index contributed by atoms with van der Waals surface area (Å²) in [6.45, 7) is 0.729. The molecule has 10 heavy (non-hydrogen) atoms. The molecule has 0 aliphatic carbocycles. The third-order valence-corrected chi connectivity index (χ3v) is 2.03. The van der Waals surface area contributed by atoms with E-state index in [1.807, 2.05) is 0 Å². The Kier molecular flexibility index (Phi) is 2.62. The molecule has 1 amide bonds. The van der Waals surface area contributed by atoms with E-state index in [0.717, 1.165) is 17.3 Å². The van der Waals surface area contributed by atoms with Gasteiger partial charge in [-0.3, -0.25) is 4.79 Å². The molecule has 0 fully saturated rings. The molecule has 1 heterocycles. The Balaban J connectivity index is 2.38. The Morgan fingerprint density at radius 3 is 3.20 bits per heavy atom. The van der Waals surface area contributed by atoms with Gasteiger partial charge in [0.1, 0.15) is 0 Å².